The summed E-state index contributed by atoms with van der Waals surface area (Å²) in [5.74, 6) is -1.83. The van der Waals surface area contributed by atoms with Gasteiger partial charge in [0.1, 0.15) is 28.8 Å². The lowest BCUT2D eigenvalue weighted by atomic mass is 9.77. The SMILES string of the molecule is CC1CCC(/C=C/C2CCC(c3cc(F)c(C(F)(F)Oc4ccc(F)cc4)c(F)c3)CC2)CC1. The molecule has 0 spiro atoms. The molecule has 1 nitrogen and oxygen atoms in total. The van der Waals surface area contributed by atoms with Crippen molar-refractivity contribution < 1.29 is 26.7 Å². The van der Waals surface area contributed by atoms with Gasteiger partial charge < -0.3 is 4.74 Å². The predicted octanol–water partition coefficient (Wildman–Crippen LogP) is 8.89. The minimum Gasteiger partial charge on any atom is -0.429 e. The molecule has 0 amide bonds. The Morgan fingerprint density at radius 1 is 0.765 bits per heavy atom. The highest BCUT2D eigenvalue weighted by Gasteiger charge is 2.41. The van der Waals surface area contributed by atoms with Gasteiger partial charge in [0.25, 0.3) is 0 Å². The lowest BCUT2D eigenvalue weighted by molar-refractivity contribution is -0.189. The fourth-order valence-electron chi connectivity index (χ4n) is 5.25. The van der Waals surface area contributed by atoms with Gasteiger partial charge in [-0.2, -0.15) is 8.78 Å². The third kappa shape index (κ3) is 6.00. The van der Waals surface area contributed by atoms with E-state index in [1.54, 1.807) is 0 Å². The van der Waals surface area contributed by atoms with Gasteiger partial charge in [0.05, 0.1) is 0 Å². The molecule has 2 aromatic rings. The van der Waals surface area contributed by atoms with E-state index >= 15 is 0 Å². The Hall–Kier alpha value is -2.37. The van der Waals surface area contributed by atoms with Gasteiger partial charge in [-0.05, 0) is 104 Å². The molecule has 2 saturated carbocycles. The van der Waals surface area contributed by atoms with Gasteiger partial charge in [0.15, 0.2) is 0 Å². The zero-order chi connectivity index (χ0) is 24.3. The fourth-order valence-corrected chi connectivity index (χ4v) is 5.25. The molecule has 0 atom stereocenters. The van der Waals surface area contributed by atoms with Crippen LogP contribution in [0, 0.1) is 35.2 Å². The second kappa shape index (κ2) is 10.5. The van der Waals surface area contributed by atoms with Crippen LogP contribution in [0.15, 0.2) is 48.6 Å². The summed E-state index contributed by atoms with van der Waals surface area (Å²) in [6, 6.07) is 5.84. The van der Waals surface area contributed by atoms with E-state index in [0.29, 0.717) is 17.4 Å². The van der Waals surface area contributed by atoms with Crippen LogP contribution in [0.25, 0.3) is 0 Å². The molecular weight excluding hydrogens is 447 g/mol. The summed E-state index contributed by atoms with van der Waals surface area (Å²) in [7, 11) is 0. The average molecular weight is 479 g/mol. The molecule has 0 heterocycles. The first kappa shape index (κ1) is 24.7. The van der Waals surface area contributed by atoms with Crippen molar-refractivity contribution in [2.75, 3.05) is 0 Å². The summed E-state index contributed by atoms with van der Waals surface area (Å²) in [5.41, 5.74) is -1.03. The number of alkyl halides is 2. The quantitative estimate of drug-likeness (QED) is 0.298. The van der Waals surface area contributed by atoms with Gasteiger partial charge in [0.2, 0.25) is 0 Å². The van der Waals surface area contributed by atoms with Crippen LogP contribution >= 0.6 is 0 Å². The van der Waals surface area contributed by atoms with Gasteiger partial charge in [-0.15, -0.1) is 0 Å². The van der Waals surface area contributed by atoms with Crippen LogP contribution in [0.4, 0.5) is 22.0 Å². The van der Waals surface area contributed by atoms with Crippen LogP contribution < -0.4 is 4.74 Å². The predicted molar refractivity (Wildman–Crippen MR) is 122 cm³/mol. The van der Waals surface area contributed by atoms with Crippen LogP contribution in [0.5, 0.6) is 5.75 Å². The third-order valence-electron chi connectivity index (χ3n) is 7.37. The highest BCUT2D eigenvalue weighted by atomic mass is 19.3. The maximum absolute atomic E-state index is 14.7. The molecule has 184 valence electrons. The van der Waals surface area contributed by atoms with E-state index in [-0.39, 0.29) is 11.7 Å². The van der Waals surface area contributed by atoms with E-state index in [0.717, 1.165) is 68.0 Å². The average Bonchev–Trinajstić information content (AvgIpc) is 2.80. The van der Waals surface area contributed by atoms with Crippen molar-refractivity contribution in [2.45, 2.75) is 70.3 Å². The van der Waals surface area contributed by atoms with Crippen molar-refractivity contribution in [3.63, 3.8) is 0 Å². The number of hydrogen-bond acceptors (Lipinski definition) is 1. The highest BCUT2D eigenvalue weighted by molar-refractivity contribution is 5.32. The van der Waals surface area contributed by atoms with Gasteiger partial charge in [-0.25, -0.2) is 13.2 Å². The second-order valence-corrected chi connectivity index (χ2v) is 9.95. The van der Waals surface area contributed by atoms with E-state index in [9.17, 15) is 22.0 Å². The number of rotatable bonds is 6. The highest BCUT2D eigenvalue weighted by Crippen LogP contribution is 2.41. The molecule has 0 radical (unpaired) electrons. The lowest BCUT2D eigenvalue weighted by Gasteiger charge is -2.29. The lowest BCUT2D eigenvalue weighted by Crippen LogP contribution is -2.25. The minimum atomic E-state index is -4.23. The maximum atomic E-state index is 14.7. The first-order valence-corrected chi connectivity index (χ1v) is 12.2. The molecule has 2 aliphatic carbocycles. The zero-order valence-corrected chi connectivity index (χ0v) is 19.4. The molecule has 6 heteroatoms. The van der Waals surface area contributed by atoms with E-state index in [2.05, 4.69) is 23.8 Å². The molecule has 4 rings (SSSR count). The van der Waals surface area contributed by atoms with E-state index in [4.69, 9.17) is 0 Å². The molecule has 2 aliphatic rings. The summed E-state index contributed by atoms with van der Waals surface area (Å²) >= 11 is 0. The Kier molecular flexibility index (Phi) is 7.63. The van der Waals surface area contributed by atoms with Crippen LogP contribution in [0.2, 0.25) is 0 Å². The van der Waals surface area contributed by atoms with Gasteiger partial charge in [-0.1, -0.05) is 31.9 Å². The largest absolute Gasteiger partial charge is 0.432 e. The van der Waals surface area contributed by atoms with Gasteiger partial charge in [0, 0.05) is 0 Å². The monoisotopic (exact) mass is 478 g/mol. The molecule has 34 heavy (non-hydrogen) atoms. The number of allylic oxidation sites excluding steroid dienone is 2. The van der Waals surface area contributed by atoms with E-state index < -0.39 is 29.1 Å². The molecule has 2 fully saturated rings. The van der Waals surface area contributed by atoms with Crippen LogP contribution in [-0.4, -0.2) is 0 Å². The molecule has 0 N–H and O–H groups in total. The minimum absolute atomic E-state index is 0.0649. The summed E-state index contributed by atoms with van der Waals surface area (Å²) in [6.07, 6.45) is 8.84. The molecule has 0 unspecified atom stereocenters. The maximum Gasteiger partial charge on any atom is 0.432 e. The number of halogens is 5. The molecular formula is C28H31F5O. The Bertz CT molecular complexity index is 961. The second-order valence-electron chi connectivity index (χ2n) is 9.95. The molecule has 0 aromatic heterocycles. The molecule has 0 saturated heterocycles. The van der Waals surface area contributed by atoms with E-state index in [1.165, 1.54) is 25.7 Å². The normalized spacial score (nSPS) is 26.1. The Labute approximate surface area is 198 Å². The summed E-state index contributed by atoms with van der Waals surface area (Å²) < 4.78 is 76.0. The topological polar surface area (TPSA) is 9.23 Å². The van der Waals surface area contributed by atoms with Gasteiger partial charge in [-0.3, -0.25) is 0 Å². The summed E-state index contributed by atoms with van der Waals surface area (Å²) in [5, 5.41) is 0. The first-order chi connectivity index (χ1) is 16.2. The number of benzene rings is 2. The van der Waals surface area contributed by atoms with E-state index in [1.807, 2.05) is 0 Å². The standard InChI is InChI=1S/C28H31F5O/c1-18-2-4-19(5-3-18)6-7-20-8-10-21(11-9-20)22-16-25(30)27(26(31)17-22)28(32,33)34-24-14-12-23(29)13-15-24/h6-7,12-21H,2-5,8-11H2,1H3/b7-6+. The van der Waals surface area contributed by atoms with Crippen molar-refractivity contribution in [2.24, 2.45) is 17.8 Å². The Morgan fingerprint density at radius 2 is 1.26 bits per heavy atom. The van der Waals surface area contributed by atoms with Crippen molar-refractivity contribution in [3.8, 4) is 5.75 Å². The van der Waals surface area contributed by atoms with Crippen molar-refractivity contribution in [1.82, 2.24) is 0 Å². The Balaban J connectivity index is 1.38. The third-order valence-corrected chi connectivity index (χ3v) is 7.37. The molecule has 0 aliphatic heterocycles. The molecule has 0 bridgehead atoms. The van der Waals surface area contributed by atoms with Crippen molar-refractivity contribution >= 4 is 0 Å². The van der Waals surface area contributed by atoms with Crippen LogP contribution in [0.3, 0.4) is 0 Å². The molecule has 2 aromatic carbocycles. The van der Waals surface area contributed by atoms with Crippen LogP contribution in [-0.2, 0) is 6.11 Å². The van der Waals surface area contributed by atoms with Gasteiger partial charge >= 0.3 is 6.11 Å². The van der Waals surface area contributed by atoms with Crippen LogP contribution in [0.1, 0.15) is 75.3 Å². The zero-order valence-electron chi connectivity index (χ0n) is 19.4. The summed E-state index contributed by atoms with van der Waals surface area (Å²) in [4.78, 5) is 0. The van der Waals surface area contributed by atoms with Crippen molar-refractivity contribution in [3.05, 3.63) is 77.1 Å². The Morgan fingerprint density at radius 3 is 1.79 bits per heavy atom. The fraction of sp³-hybridized carbons (Fsp3) is 0.500. The number of ether oxygens (including phenoxy) is 1. The number of hydrogen-bond donors (Lipinski definition) is 0. The summed E-state index contributed by atoms with van der Waals surface area (Å²) in [6.45, 7) is 2.30. The van der Waals surface area contributed by atoms with Crippen molar-refractivity contribution in [1.29, 1.82) is 0 Å². The first-order valence-electron chi connectivity index (χ1n) is 12.2. The smallest absolute Gasteiger partial charge is 0.429 e.